The van der Waals surface area contributed by atoms with Crippen LogP contribution in [0.25, 0.3) is 0 Å². The monoisotopic (exact) mass is 192 g/mol. The predicted molar refractivity (Wildman–Crippen MR) is 56.4 cm³/mol. The van der Waals surface area contributed by atoms with Crippen LogP contribution in [0.15, 0.2) is 12.7 Å². The normalized spacial score (nSPS) is 19.4. The molecule has 3 nitrogen and oxygen atoms in total. The van der Waals surface area contributed by atoms with E-state index in [0.717, 1.165) is 25.9 Å². The van der Waals surface area contributed by atoms with Gasteiger partial charge in [-0.05, 0) is 18.9 Å². The van der Waals surface area contributed by atoms with Crippen LogP contribution in [0.4, 0.5) is 0 Å². The summed E-state index contributed by atoms with van der Waals surface area (Å²) in [7, 11) is 0. The molecule has 1 atom stereocenters. The number of rotatable bonds is 3. The summed E-state index contributed by atoms with van der Waals surface area (Å²) in [5.41, 5.74) is 0. The van der Waals surface area contributed by atoms with Gasteiger partial charge in [0.2, 0.25) is 5.91 Å². The number of piperidine rings is 1. The van der Waals surface area contributed by atoms with E-state index in [4.69, 9.17) is 6.42 Å². The minimum absolute atomic E-state index is 0.210. The third kappa shape index (κ3) is 2.90. The molecule has 1 fully saturated rings. The number of terminal acetylenes is 1. The van der Waals surface area contributed by atoms with E-state index < -0.39 is 0 Å². The van der Waals surface area contributed by atoms with E-state index in [-0.39, 0.29) is 12.1 Å². The minimum atomic E-state index is -0.277. The molecule has 0 spiro atoms. The molecule has 0 saturated carbocycles. The highest BCUT2D eigenvalue weighted by Gasteiger charge is 2.18. The Morgan fingerprint density at radius 1 is 1.50 bits per heavy atom. The van der Waals surface area contributed by atoms with Crippen LogP contribution in [0.1, 0.15) is 19.3 Å². The smallest absolute Gasteiger partial charge is 0.245 e. The van der Waals surface area contributed by atoms with Crippen LogP contribution in [-0.2, 0) is 4.79 Å². The van der Waals surface area contributed by atoms with E-state index in [1.807, 2.05) is 0 Å². The van der Waals surface area contributed by atoms with E-state index in [9.17, 15) is 4.79 Å². The van der Waals surface area contributed by atoms with Gasteiger partial charge >= 0.3 is 0 Å². The van der Waals surface area contributed by atoms with E-state index in [2.05, 4.69) is 22.7 Å². The molecule has 1 amide bonds. The highest BCUT2D eigenvalue weighted by atomic mass is 16.1. The summed E-state index contributed by atoms with van der Waals surface area (Å²) in [4.78, 5) is 13.2. The largest absolute Gasteiger partial charge is 0.326 e. The van der Waals surface area contributed by atoms with Gasteiger partial charge in [0.05, 0.1) is 0 Å². The fourth-order valence-electron chi connectivity index (χ4n) is 1.61. The average Bonchev–Trinajstić information content (AvgIpc) is 2.26. The van der Waals surface area contributed by atoms with Gasteiger partial charge in [0.25, 0.3) is 0 Å². The van der Waals surface area contributed by atoms with Gasteiger partial charge < -0.3 is 5.32 Å². The Balaban J connectivity index is 2.48. The van der Waals surface area contributed by atoms with Crippen LogP contribution in [0.3, 0.4) is 0 Å². The number of amides is 1. The molecule has 0 aromatic heterocycles. The second-order valence-corrected chi connectivity index (χ2v) is 3.38. The summed E-state index contributed by atoms with van der Waals surface area (Å²) >= 11 is 0. The van der Waals surface area contributed by atoms with Crippen LogP contribution in [-0.4, -0.2) is 30.1 Å². The standard InChI is InChI=1S/C11H16N2O/c1-3-10(12-11(14)4-2)13-8-6-5-7-9-13/h1,4,10H,2,5-9H2,(H,12,14). The van der Waals surface area contributed by atoms with Crippen molar-refractivity contribution in [2.75, 3.05) is 13.1 Å². The van der Waals surface area contributed by atoms with Gasteiger partial charge in [0, 0.05) is 13.1 Å². The van der Waals surface area contributed by atoms with Crippen molar-refractivity contribution in [2.45, 2.75) is 25.4 Å². The SMILES string of the molecule is C#CC(NC(=O)C=C)N1CCCCC1. The second-order valence-electron chi connectivity index (χ2n) is 3.38. The van der Waals surface area contributed by atoms with Gasteiger partial charge in [0.15, 0.2) is 0 Å². The van der Waals surface area contributed by atoms with E-state index >= 15 is 0 Å². The van der Waals surface area contributed by atoms with E-state index in [1.165, 1.54) is 12.5 Å². The lowest BCUT2D eigenvalue weighted by Crippen LogP contribution is -2.48. The molecule has 76 valence electrons. The van der Waals surface area contributed by atoms with Crippen molar-refractivity contribution in [3.05, 3.63) is 12.7 Å². The van der Waals surface area contributed by atoms with Crippen molar-refractivity contribution in [3.63, 3.8) is 0 Å². The summed E-state index contributed by atoms with van der Waals surface area (Å²) < 4.78 is 0. The zero-order valence-corrected chi connectivity index (χ0v) is 8.33. The van der Waals surface area contributed by atoms with Gasteiger partial charge in [-0.15, -0.1) is 6.42 Å². The first kappa shape index (κ1) is 10.8. The summed E-state index contributed by atoms with van der Waals surface area (Å²) in [6.45, 7) is 5.32. The molecule has 0 aromatic rings. The Labute approximate surface area is 85.2 Å². The lowest BCUT2D eigenvalue weighted by Gasteiger charge is -2.31. The van der Waals surface area contributed by atoms with Gasteiger partial charge in [-0.25, -0.2) is 0 Å². The number of nitrogens with zero attached hydrogens (tertiary/aromatic N) is 1. The van der Waals surface area contributed by atoms with E-state index in [1.54, 1.807) is 0 Å². The van der Waals surface area contributed by atoms with Gasteiger partial charge in [-0.3, -0.25) is 9.69 Å². The van der Waals surface area contributed by atoms with Crippen molar-refractivity contribution < 1.29 is 4.79 Å². The lowest BCUT2D eigenvalue weighted by molar-refractivity contribution is -0.117. The van der Waals surface area contributed by atoms with Gasteiger partial charge in [-0.1, -0.05) is 18.9 Å². The average molecular weight is 192 g/mol. The number of nitrogens with one attached hydrogen (secondary N) is 1. The van der Waals surface area contributed by atoms with Crippen molar-refractivity contribution in [1.82, 2.24) is 10.2 Å². The van der Waals surface area contributed by atoms with Crippen LogP contribution in [0.2, 0.25) is 0 Å². The topological polar surface area (TPSA) is 32.3 Å². The van der Waals surface area contributed by atoms with Crippen LogP contribution >= 0.6 is 0 Å². The number of likely N-dealkylation sites (tertiary alicyclic amines) is 1. The highest BCUT2D eigenvalue weighted by molar-refractivity contribution is 5.87. The Kier molecular flexibility index (Phi) is 4.21. The van der Waals surface area contributed by atoms with Crippen molar-refractivity contribution in [3.8, 4) is 12.3 Å². The zero-order chi connectivity index (χ0) is 10.4. The van der Waals surface area contributed by atoms with Crippen molar-refractivity contribution >= 4 is 5.91 Å². The number of carbonyl (C=O) groups excluding carboxylic acids is 1. The van der Waals surface area contributed by atoms with Gasteiger partial charge in [-0.2, -0.15) is 0 Å². The molecule has 0 radical (unpaired) electrons. The predicted octanol–water partition coefficient (Wildman–Crippen LogP) is 0.734. The molecule has 0 aliphatic carbocycles. The van der Waals surface area contributed by atoms with Crippen LogP contribution in [0.5, 0.6) is 0 Å². The third-order valence-electron chi connectivity index (χ3n) is 2.38. The van der Waals surface area contributed by atoms with Crippen LogP contribution < -0.4 is 5.32 Å². The summed E-state index contributed by atoms with van der Waals surface area (Å²) in [5.74, 6) is 2.37. The molecular weight excluding hydrogens is 176 g/mol. The first-order valence-corrected chi connectivity index (χ1v) is 4.91. The summed E-state index contributed by atoms with van der Waals surface area (Å²) in [5, 5.41) is 2.72. The molecule has 1 unspecified atom stereocenters. The molecule has 1 saturated heterocycles. The Morgan fingerprint density at radius 3 is 2.64 bits per heavy atom. The highest BCUT2D eigenvalue weighted by Crippen LogP contribution is 2.10. The number of hydrogen-bond acceptors (Lipinski definition) is 2. The Hall–Kier alpha value is -1.27. The molecule has 1 aliphatic rings. The van der Waals surface area contributed by atoms with Crippen LogP contribution in [0, 0.1) is 12.3 Å². The second kappa shape index (κ2) is 5.46. The Bertz CT molecular complexity index is 249. The molecule has 1 heterocycles. The fraction of sp³-hybridized carbons (Fsp3) is 0.545. The summed E-state index contributed by atoms with van der Waals surface area (Å²) in [6.07, 6.45) is 9.90. The first-order chi connectivity index (χ1) is 6.77. The number of hydrogen-bond donors (Lipinski definition) is 1. The van der Waals surface area contributed by atoms with Gasteiger partial charge in [0.1, 0.15) is 6.17 Å². The molecule has 0 bridgehead atoms. The molecule has 0 aromatic carbocycles. The van der Waals surface area contributed by atoms with E-state index in [0.29, 0.717) is 0 Å². The quantitative estimate of drug-likeness (QED) is 0.528. The zero-order valence-electron chi connectivity index (χ0n) is 8.33. The number of carbonyl (C=O) groups is 1. The fourth-order valence-corrected chi connectivity index (χ4v) is 1.61. The molecule has 1 N–H and O–H groups in total. The van der Waals surface area contributed by atoms with Crippen molar-refractivity contribution in [1.29, 1.82) is 0 Å². The molecule has 1 rings (SSSR count). The first-order valence-electron chi connectivity index (χ1n) is 4.91. The molecule has 14 heavy (non-hydrogen) atoms. The minimum Gasteiger partial charge on any atom is -0.326 e. The maximum Gasteiger partial charge on any atom is 0.245 e. The van der Waals surface area contributed by atoms with Crippen molar-refractivity contribution in [2.24, 2.45) is 0 Å². The maximum atomic E-state index is 11.1. The maximum absolute atomic E-state index is 11.1. The molecule has 1 aliphatic heterocycles. The summed E-state index contributed by atoms with van der Waals surface area (Å²) in [6, 6.07) is 0. The lowest BCUT2D eigenvalue weighted by atomic mass is 10.1. The third-order valence-corrected chi connectivity index (χ3v) is 2.38. The molecule has 3 heteroatoms. The Morgan fingerprint density at radius 2 is 2.14 bits per heavy atom. The molecular formula is C11H16N2O.